The Labute approximate surface area is 124 Å². The smallest absolute Gasteiger partial charge is 0.258 e. The second-order valence-corrected chi connectivity index (χ2v) is 5.24. The summed E-state index contributed by atoms with van der Waals surface area (Å²) in [5, 5.41) is 7.46. The number of aromatic nitrogens is 2. The van der Waals surface area contributed by atoms with Crippen LogP contribution in [0.5, 0.6) is 0 Å². The molecule has 0 saturated heterocycles. The molecule has 2 aromatic rings. The molecule has 21 heavy (non-hydrogen) atoms. The van der Waals surface area contributed by atoms with Gasteiger partial charge in [-0.3, -0.25) is 0 Å². The molecule has 3 rings (SSSR count). The van der Waals surface area contributed by atoms with Gasteiger partial charge < -0.3 is 14.6 Å². The van der Waals surface area contributed by atoms with Crippen molar-refractivity contribution in [3.63, 3.8) is 0 Å². The highest BCUT2D eigenvalue weighted by Crippen LogP contribution is 2.29. The Morgan fingerprint density at radius 2 is 2.29 bits per heavy atom. The van der Waals surface area contributed by atoms with Crippen LogP contribution in [0.25, 0.3) is 11.5 Å². The molecule has 0 radical (unpaired) electrons. The molecule has 1 aromatic heterocycles. The lowest BCUT2D eigenvalue weighted by molar-refractivity contribution is 0.0478. The highest BCUT2D eigenvalue weighted by molar-refractivity contribution is 5.66. The first kappa shape index (κ1) is 14.1. The van der Waals surface area contributed by atoms with Crippen molar-refractivity contribution in [1.29, 1.82) is 0 Å². The molecule has 0 spiro atoms. The second-order valence-electron chi connectivity index (χ2n) is 5.24. The standard InChI is InChI=1S/C16H21N3O2/c1-3-5-14(20-4-2)15-18-16(21-19-15)12-7-6-11-8-9-17-13(11)10-12/h6-7,10,14,17H,3-5,8-9H2,1-2H3. The number of anilines is 1. The molecule has 1 aromatic carbocycles. The SMILES string of the molecule is CCCC(OCC)c1noc(-c2ccc3c(c2)NCC3)n1. The molecule has 2 heterocycles. The zero-order chi connectivity index (χ0) is 14.7. The topological polar surface area (TPSA) is 60.2 Å². The van der Waals surface area contributed by atoms with E-state index in [1.54, 1.807) is 0 Å². The third-order valence-corrected chi connectivity index (χ3v) is 3.72. The van der Waals surface area contributed by atoms with E-state index in [1.807, 2.05) is 13.0 Å². The minimum atomic E-state index is -0.0787. The molecular weight excluding hydrogens is 266 g/mol. The maximum absolute atomic E-state index is 5.69. The summed E-state index contributed by atoms with van der Waals surface area (Å²) in [6.45, 7) is 5.75. The molecule has 5 heteroatoms. The molecule has 0 fully saturated rings. The third kappa shape index (κ3) is 2.93. The van der Waals surface area contributed by atoms with Crippen LogP contribution >= 0.6 is 0 Å². The van der Waals surface area contributed by atoms with E-state index >= 15 is 0 Å². The number of rotatable bonds is 6. The van der Waals surface area contributed by atoms with Gasteiger partial charge in [-0.2, -0.15) is 4.98 Å². The quantitative estimate of drug-likeness (QED) is 0.880. The summed E-state index contributed by atoms with van der Waals surface area (Å²) < 4.78 is 11.1. The molecular formula is C16H21N3O2. The number of ether oxygens (including phenoxy) is 1. The average Bonchev–Trinajstić information content (AvgIpc) is 3.15. The van der Waals surface area contributed by atoms with Gasteiger partial charge in [-0.25, -0.2) is 0 Å². The normalized spacial score (nSPS) is 14.8. The van der Waals surface area contributed by atoms with Crippen LogP contribution in [-0.4, -0.2) is 23.3 Å². The van der Waals surface area contributed by atoms with Gasteiger partial charge in [-0.15, -0.1) is 0 Å². The fraction of sp³-hybridized carbons (Fsp3) is 0.500. The van der Waals surface area contributed by atoms with Gasteiger partial charge in [0, 0.05) is 24.4 Å². The molecule has 112 valence electrons. The molecule has 0 saturated carbocycles. The van der Waals surface area contributed by atoms with Crippen LogP contribution in [0.2, 0.25) is 0 Å². The summed E-state index contributed by atoms with van der Waals surface area (Å²) in [6, 6.07) is 6.24. The molecule has 1 aliphatic heterocycles. The van der Waals surface area contributed by atoms with E-state index in [9.17, 15) is 0 Å². The Hall–Kier alpha value is -1.88. The van der Waals surface area contributed by atoms with Crippen molar-refractivity contribution in [1.82, 2.24) is 10.1 Å². The van der Waals surface area contributed by atoms with Crippen LogP contribution < -0.4 is 5.32 Å². The molecule has 1 aliphatic rings. The summed E-state index contributed by atoms with van der Waals surface area (Å²) in [5.41, 5.74) is 3.47. The van der Waals surface area contributed by atoms with Crippen LogP contribution in [0.4, 0.5) is 5.69 Å². The summed E-state index contributed by atoms with van der Waals surface area (Å²) >= 11 is 0. The van der Waals surface area contributed by atoms with Gasteiger partial charge in [0.25, 0.3) is 5.89 Å². The Bertz CT molecular complexity index is 603. The van der Waals surface area contributed by atoms with E-state index < -0.39 is 0 Å². The minimum absolute atomic E-state index is 0.0787. The third-order valence-electron chi connectivity index (χ3n) is 3.72. The Balaban J connectivity index is 1.83. The van der Waals surface area contributed by atoms with Crippen molar-refractivity contribution in [2.45, 2.75) is 39.2 Å². The first-order valence-electron chi connectivity index (χ1n) is 7.64. The molecule has 1 unspecified atom stereocenters. The van der Waals surface area contributed by atoms with Gasteiger partial charge in [0.15, 0.2) is 0 Å². The highest BCUT2D eigenvalue weighted by Gasteiger charge is 2.19. The number of hydrogen-bond donors (Lipinski definition) is 1. The van der Waals surface area contributed by atoms with E-state index in [-0.39, 0.29) is 6.10 Å². The van der Waals surface area contributed by atoms with Crippen molar-refractivity contribution < 1.29 is 9.26 Å². The Morgan fingerprint density at radius 3 is 3.10 bits per heavy atom. The van der Waals surface area contributed by atoms with Gasteiger partial charge in [-0.1, -0.05) is 24.6 Å². The lowest BCUT2D eigenvalue weighted by atomic mass is 10.1. The number of nitrogens with zero attached hydrogens (tertiary/aromatic N) is 2. The fourth-order valence-corrected chi connectivity index (χ4v) is 2.66. The van der Waals surface area contributed by atoms with Gasteiger partial charge in [0.1, 0.15) is 6.10 Å². The monoisotopic (exact) mass is 287 g/mol. The largest absolute Gasteiger partial charge is 0.384 e. The van der Waals surface area contributed by atoms with E-state index in [4.69, 9.17) is 9.26 Å². The van der Waals surface area contributed by atoms with Crippen LogP contribution in [0, 0.1) is 0 Å². The fourth-order valence-electron chi connectivity index (χ4n) is 2.66. The van der Waals surface area contributed by atoms with Gasteiger partial charge in [0.2, 0.25) is 5.82 Å². The van der Waals surface area contributed by atoms with Crippen molar-refractivity contribution in [3.8, 4) is 11.5 Å². The van der Waals surface area contributed by atoms with Crippen molar-refractivity contribution in [2.24, 2.45) is 0 Å². The molecule has 0 bridgehead atoms. The number of fused-ring (bicyclic) bond motifs is 1. The minimum Gasteiger partial charge on any atom is -0.384 e. The zero-order valence-corrected chi connectivity index (χ0v) is 12.6. The van der Waals surface area contributed by atoms with Crippen LogP contribution in [0.3, 0.4) is 0 Å². The zero-order valence-electron chi connectivity index (χ0n) is 12.6. The van der Waals surface area contributed by atoms with Crippen LogP contribution in [-0.2, 0) is 11.2 Å². The molecule has 0 aliphatic carbocycles. The summed E-state index contributed by atoms with van der Waals surface area (Å²) in [7, 11) is 0. The van der Waals surface area contributed by atoms with E-state index in [1.165, 1.54) is 11.3 Å². The van der Waals surface area contributed by atoms with Crippen molar-refractivity contribution in [2.75, 3.05) is 18.5 Å². The number of nitrogens with one attached hydrogen (secondary N) is 1. The van der Waals surface area contributed by atoms with Crippen molar-refractivity contribution >= 4 is 5.69 Å². The van der Waals surface area contributed by atoms with Gasteiger partial charge in [-0.05, 0) is 37.5 Å². The van der Waals surface area contributed by atoms with Gasteiger partial charge >= 0.3 is 0 Å². The highest BCUT2D eigenvalue weighted by atomic mass is 16.5. The molecule has 5 nitrogen and oxygen atoms in total. The lowest BCUT2D eigenvalue weighted by Crippen LogP contribution is -2.05. The average molecular weight is 287 g/mol. The predicted octanol–water partition coefficient (Wildman–Crippen LogP) is 3.58. The number of benzene rings is 1. The molecule has 1 N–H and O–H groups in total. The predicted molar refractivity (Wildman–Crippen MR) is 81.2 cm³/mol. The van der Waals surface area contributed by atoms with Crippen LogP contribution in [0.15, 0.2) is 22.7 Å². The van der Waals surface area contributed by atoms with E-state index in [0.29, 0.717) is 18.3 Å². The lowest BCUT2D eigenvalue weighted by Gasteiger charge is -2.11. The summed E-state index contributed by atoms with van der Waals surface area (Å²) in [4.78, 5) is 4.51. The van der Waals surface area contributed by atoms with E-state index in [2.05, 4.69) is 34.5 Å². The summed E-state index contributed by atoms with van der Waals surface area (Å²) in [5.74, 6) is 1.20. The van der Waals surface area contributed by atoms with Gasteiger partial charge in [0.05, 0.1) is 0 Å². The molecule has 1 atom stereocenters. The van der Waals surface area contributed by atoms with Crippen molar-refractivity contribution in [3.05, 3.63) is 29.6 Å². The Kier molecular flexibility index (Phi) is 4.20. The first-order chi connectivity index (χ1) is 10.3. The second kappa shape index (κ2) is 6.26. The summed E-state index contributed by atoms with van der Waals surface area (Å²) in [6.07, 6.45) is 2.92. The maximum atomic E-state index is 5.69. The maximum Gasteiger partial charge on any atom is 0.258 e. The first-order valence-corrected chi connectivity index (χ1v) is 7.64. The molecule has 0 amide bonds. The number of hydrogen-bond acceptors (Lipinski definition) is 5. The van der Waals surface area contributed by atoms with Crippen LogP contribution in [0.1, 0.15) is 44.2 Å². The van der Waals surface area contributed by atoms with E-state index in [0.717, 1.165) is 31.4 Å². The Morgan fingerprint density at radius 1 is 1.38 bits per heavy atom.